The fourth-order valence-corrected chi connectivity index (χ4v) is 2.15. The molecule has 1 heterocycles. The average molecular weight is 423 g/mol. The Hall–Kier alpha value is -1.44. The first-order valence-electron chi connectivity index (χ1n) is 6.75. The van der Waals surface area contributed by atoms with Gasteiger partial charge in [0, 0.05) is 52.3 Å². The quantitative estimate of drug-likeness (QED) is 0.527. The summed E-state index contributed by atoms with van der Waals surface area (Å²) in [6.07, 6.45) is 1.65. The molecular formula is C16H20BrCoN4O-. The van der Waals surface area contributed by atoms with E-state index in [0.29, 0.717) is 11.5 Å². The van der Waals surface area contributed by atoms with E-state index in [2.05, 4.69) is 49.9 Å². The summed E-state index contributed by atoms with van der Waals surface area (Å²) in [5, 5.41) is 18.1. The molecule has 0 fully saturated rings. The van der Waals surface area contributed by atoms with E-state index in [1.54, 1.807) is 24.4 Å². The smallest absolute Gasteiger partial charge is 0.174 e. The van der Waals surface area contributed by atoms with E-state index >= 15 is 0 Å². The van der Waals surface area contributed by atoms with Crippen LogP contribution in [0.3, 0.4) is 0 Å². The van der Waals surface area contributed by atoms with E-state index in [1.807, 2.05) is 12.1 Å². The molecule has 1 aromatic carbocycles. The Morgan fingerprint density at radius 3 is 2.35 bits per heavy atom. The monoisotopic (exact) mass is 422 g/mol. The van der Waals surface area contributed by atoms with E-state index < -0.39 is 0 Å². The zero-order valence-electron chi connectivity index (χ0n) is 13.3. The number of halogens is 1. The predicted molar refractivity (Wildman–Crippen MR) is 94.2 cm³/mol. The molecule has 0 bridgehead atoms. The van der Waals surface area contributed by atoms with Crippen LogP contribution in [0.1, 0.15) is 13.8 Å². The van der Waals surface area contributed by atoms with E-state index in [-0.39, 0.29) is 30.0 Å². The van der Waals surface area contributed by atoms with Gasteiger partial charge in [0.1, 0.15) is 11.4 Å². The maximum absolute atomic E-state index is 10.0. The van der Waals surface area contributed by atoms with Gasteiger partial charge >= 0.3 is 0 Å². The number of rotatable bonds is 5. The second-order valence-electron chi connectivity index (χ2n) is 4.38. The summed E-state index contributed by atoms with van der Waals surface area (Å²) in [6, 6.07) is 8.97. The molecule has 7 heteroatoms. The third-order valence-corrected chi connectivity index (χ3v) is 3.53. The first-order valence-corrected chi connectivity index (χ1v) is 7.54. The van der Waals surface area contributed by atoms with Crippen LogP contribution in [0.25, 0.3) is 0 Å². The number of benzene rings is 1. The summed E-state index contributed by atoms with van der Waals surface area (Å²) < 4.78 is 0.882. The summed E-state index contributed by atoms with van der Waals surface area (Å²) in [7, 11) is 0. The number of aromatic nitrogens is 1. The number of phenols is 1. The molecule has 0 amide bonds. The van der Waals surface area contributed by atoms with Gasteiger partial charge in [-0.2, -0.15) is 0 Å². The molecule has 23 heavy (non-hydrogen) atoms. The molecule has 0 aliphatic rings. The van der Waals surface area contributed by atoms with Gasteiger partial charge in [-0.25, -0.2) is 4.98 Å². The molecule has 1 N–H and O–H groups in total. The third kappa shape index (κ3) is 5.93. The standard InChI is InChI=1S/C15H17BrN4O.CH3.Co/c1-3-20(4-2)12-6-7-13(14(21)9-12)18-19-15-8-5-11(16)10-17-15;;/h5-10,21H,3-4H2,1-2H3;1H3;/q;-1;. The fourth-order valence-electron chi connectivity index (χ4n) is 1.91. The van der Waals surface area contributed by atoms with Crippen LogP contribution in [0.2, 0.25) is 0 Å². The van der Waals surface area contributed by atoms with Crippen LogP contribution in [0.15, 0.2) is 51.2 Å². The van der Waals surface area contributed by atoms with Crippen LogP contribution in [0, 0.1) is 7.43 Å². The largest absolute Gasteiger partial charge is 0.506 e. The molecule has 0 aliphatic carbocycles. The number of azo groups is 1. The fraction of sp³-hybridized carbons (Fsp3) is 0.250. The van der Waals surface area contributed by atoms with Gasteiger partial charge in [-0.05, 0) is 54.0 Å². The summed E-state index contributed by atoms with van der Waals surface area (Å²) in [5.74, 6) is 0.602. The van der Waals surface area contributed by atoms with Crippen LogP contribution in [-0.2, 0) is 16.8 Å². The van der Waals surface area contributed by atoms with Crippen LogP contribution in [-0.4, -0.2) is 23.2 Å². The van der Waals surface area contributed by atoms with Gasteiger partial charge in [0.05, 0.1) is 0 Å². The Balaban J connectivity index is 0.00000242. The number of nitrogens with zero attached hydrogens (tertiary/aromatic N) is 4. The first kappa shape index (κ1) is 21.6. The number of aromatic hydroxyl groups is 1. The molecule has 1 aromatic heterocycles. The number of hydrogen-bond acceptors (Lipinski definition) is 5. The van der Waals surface area contributed by atoms with E-state index in [1.165, 1.54) is 0 Å². The Labute approximate surface area is 156 Å². The summed E-state index contributed by atoms with van der Waals surface area (Å²) in [4.78, 5) is 6.25. The average Bonchev–Trinajstić information content (AvgIpc) is 2.49. The van der Waals surface area contributed by atoms with Crippen molar-refractivity contribution in [2.75, 3.05) is 18.0 Å². The second-order valence-corrected chi connectivity index (χ2v) is 5.30. The van der Waals surface area contributed by atoms with E-state index in [0.717, 1.165) is 23.2 Å². The van der Waals surface area contributed by atoms with E-state index in [4.69, 9.17) is 0 Å². The summed E-state index contributed by atoms with van der Waals surface area (Å²) >= 11 is 3.31. The second kappa shape index (κ2) is 10.4. The van der Waals surface area contributed by atoms with Gasteiger partial charge in [0.2, 0.25) is 0 Å². The SMILES string of the molecule is CCN(CC)c1ccc(N=Nc2ccc(Br)cn2)c(O)c1.[CH3-].[Co]. The van der Waals surface area contributed by atoms with Crippen molar-refractivity contribution < 1.29 is 21.9 Å². The molecule has 5 nitrogen and oxygen atoms in total. The van der Waals surface area contributed by atoms with Gasteiger partial charge in [-0.3, -0.25) is 0 Å². The van der Waals surface area contributed by atoms with Crippen LogP contribution in [0.5, 0.6) is 5.75 Å². The van der Waals surface area contributed by atoms with Crippen molar-refractivity contribution in [2.45, 2.75) is 13.8 Å². The minimum atomic E-state index is 0. The van der Waals surface area contributed by atoms with Gasteiger partial charge in [-0.15, -0.1) is 10.2 Å². The Kier molecular flexibility index (Phi) is 9.70. The number of anilines is 1. The number of pyridine rings is 1. The zero-order valence-corrected chi connectivity index (χ0v) is 16.0. The van der Waals surface area contributed by atoms with Crippen molar-refractivity contribution >= 4 is 33.1 Å². The Bertz CT molecular complexity index is 630. The van der Waals surface area contributed by atoms with Gasteiger partial charge in [0.25, 0.3) is 0 Å². The summed E-state index contributed by atoms with van der Waals surface area (Å²) in [5.41, 5.74) is 1.40. The first-order chi connectivity index (χ1) is 10.1. The van der Waals surface area contributed by atoms with Crippen molar-refractivity contribution in [3.8, 4) is 5.75 Å². The molecule has 0 saturated carbocycles. The van der Waals surface area contributed by atoms with Gasteiger partial charge in [0.15, 0.2) is 5.82 Å². The third-order valence-electron chi connectivity index (χ3n) is 3.06. The number of hydrogen-bond donors (Lipinski definition) is 1. The van der Waals surface area contributed by atoms with Crippen molar-refractivity contribution in [1.29, 1.82) is 0 Å². The van der Waals surface area contributed by atoms with Crippen LogP contribution in [0.4, 0.5) is 17.2 Å². The molecule has 0 spiro atoms. The van der Waals surface area contributed by atoms with E-state index in [9.17, 15) is 5.11 Å². The van der Waals surface area contributed by atoms with Crippen molar-refractivity contribution in [1.82, 2.24) is 4.98 Å². The van der Waals surface area contributed by atoms with Gasteiger partial charge < -0.3 is 17.4 Å². The molecule has 1 radical (unpaired) electrons. The van der Waals surface area contributed by atoms with Crippen LogP contribution < -0.4 is 4.90 Å². The topological polar surface area (TPSA) is 61.1 Å². The molecule has 127 valence electrons. The summed E-state index contributed by atoms with van der Waals surface area (Å²) in [6.45, 7) is 5.93. The Morgan fingerprint density at radius 1 is 1.13 bits per heavy atom. The normalized spacial score (nSPS) is 10.0. The van der Waals surface area contributed by atoms with Crippen molar-refractivity contribution in [3.05, 3.63) is 48.4 Å². The molecule has 0 saturated heterocycles. The number of phenolic OH excluding ortho intramolecular Hbond substituents is 1. The van der Waals surface area contributed by atoms with Crippen molar-refractivity contribution in [3.63, 3.8) is 0 Å². The minimum Gasteiger partial charge on any atom is -0.506 e. The molecule has 2 rings (SSSR count). The zero-order chi connectivity index (χ0) is 15.2. The molecule has 0 aliphatic heterocycles. The van der Waals surface area contributed by atoms with Crippen molar-refractivity contribution in [2.24, 2.45) is 10.2 Å². The van der Waals surface area contributed by atoms with Gasteiger partial charge in [-0.1, -0.05) is 0 Å². The predicted octanol–water partition coefficient (Wildman–Crippen LogP) is 5.26. The maximum atomic E-state index is 10.0. The minimum absolute atomic E-state index is 0. The molecular weight excluding hydrogens is 403 g/mol. The molecule has 2 aromatic rings. The molecule has 0 unspecified atom stereocenters. The Morgan fingerprint density at radius 2 is 1.83 bits per heavy atom. The maximum Gasteiger partial charge on any atom is 0.174 e. The molecule has 0 atom stereocenters. The van der Waals surface area contributed by atoms with Crippen LogP contribution >= 0.6 is 15.9 Å².